The quantitative estimate of drug-likeness (QED) is 0.891. The molecule has 1 fully saturated rings. The molecule has 2 unspecified atom stereocenters. The number of hydrogen-bond acceptors (Lipinski definition) is 2. The van der Waals surface area contributed by atoms with Gasteiger partial charge in [0.15, 0.2) is 0 Å². The van der Waals surface area contributed by atoms with Crippen molar-refractivity contribution in [3.8, 4) is 0 Å². The van der Waals surface area contributed by atoms with Crippen molar-refractivity contribution in [1.82, 2.24) is 0 Å². The third-order valence-electron chi connectivity index (χ3n) is 3.62. The second-order valence-corrected chi connectivity index (χ2v) is 5.50. The van der Waals surface area contributed by atoms with Gasteiger partial charge < -0.3 is 11.1 Å². The highest BCUT2D eigenvalue weighted by Crippen LogP contribution is 2.26. The van der Waals surface area contributed by atoms with Gasteiger partial charge in [-0.25, -0.2) is 4.39 Å². The van der Waals surface area contributed by atoms with Crippen molar-refractivity contribution in [3.63, 3.8) is 0 Å². The molecule has 0 aromatic heterocycles. The van der Waals surface area contributed by atoms with Crippen molar-refractivity contribution in [2.45, 2.75) is 38.1 Å². The minimum atomic E-state index is -0.492. The molecule has 0 bridgehead atoms. The molecule has 3 nitrogen and oxygen atoms in total. The molecule has 1 aromatic carbocycles. The van der Waals surface area contributed by atoms with E-state index in [1.165, 1.54) is 18.2 Å². The molecule has 1 aliphatic carbocycles. The van der Waals surface area contributed by atoms with Gasteiger partial charge in [-0.2, -0.15) is 0 Å². The second-order valence-electron chi connectivity index (χ2n) is 5.09. The zero-order valence-corrected chi connectivity index (χ0v) is 12.6. The average Bonchev–Trinajstić information content (AvgIpc) is 2.37. The lowest BCUT2D eigenvalue weighted by molar-refractivity contribution is -0.117. The summed E-state index contributed by atoms with van der Waals surface area (Å²) in [5, 5.41) is 2.74. The third kappa shape index (κ3) is 4.62. The van der Waals surface area contributed by atoms with Gasteiger partial charge in [0, 0.05) is 18.2 Å². The van der Waals surface area contributed by atoms with Crippen molar-refractivity contribution in [2.75, 3.05) is 5.32 Å². The number of halogens is 3. The fraction of sp³-hybridized carbons (Fsp3) is 0.500. The number of rotatable bonds is 3. The van der Waals surface area contributed by atoms with E-state index in [1.54, 1.807) is 0 Å². The predicted molar refractivity (Wildman–Crippen MR) is 81.8 cm³/mol. The second kappa shape index (κ2) is 7.81. The van der Waals surface area contributed by atoms with E-state index in [4.69, 9.17) is 17.3 Å². The summed E-state index contributed by atoms with van der Waals surface area (Å²) >= 11 is 5.67. The molecule has 1 amide bonds. The van der Waals surface area contributed by atoms with E-state index in [0.29, 0.717) is 12.1 Å². The SMILES string of the molecule is Cl.NC1CCCCC1CC(=O)Nc1ccc(F)c(Cl)c1. The van der Waals surface area contributed by atoms with E-state index in [-0.39, 0.29) is 35.3 Å². The smallest absolute Gasteiger partial charge is 0.224 e. The summed E-state index contributed by atoms with van der Waals surface area (Å²) in [6.45, 7) is 0. The lowest BCUT2D eigenvalue weighted by Crippen LogP contribution is -2.35. The molecule has 2 rings (SSSR count). The van der Waals surface area contributed by atoms with Crippen LogP contribution in [0.4, 0.5) is 10.1 Å². The van der Waals surface area contributed by atoms with Crippen LogP contribution in [0.15, 0.2) is 18.2 Å². The number of nitrogens with one attached hydrogen (secondary N) is 1. The van der Waals surface area contributed by atoms with Gasteiger partial charge in [-0.15, -0.1) is 12.4 Å². The molecule has 3 N–H and O–H groups in total. The number of benzene rings is 1. The van der Waals surface area contributed by atoms with Gasteiger partial charge in [0.1, 0.15) is 5.82 Å². The highest BCUT2D eigenvalue weighted by molar-refractivity contribution is 6.31. The van der Waals surface area contributed by atoms with Crippen molar-refractivity contribution in [3.05, 3.63) is 29.0 Å². The Morgan fingerprint density at radius 1 is 1.40 bits per heavy atom. The Morgan fingerprint density at radius 3 is 2.75 bits per heavy atom. The molecule has 0 aliphatic heterocycles. The molecule has 1 aromatic rings. The summed E-state index contributed by atoms with van der Waals surface area (Å²) < 4.78 is 13.0. The highest BCUT2D eigenvalue weighted by atomic mass is 35.5. The standard InChI is InChI=1S/C14H18ClFN2O.ClH/c15-11-8-10(5-6-12(11)16)18-14(19)7-9-3-1-2-4-13(9)17;/h5-6,8-9,13H,1-4,7,17H2,(H,18,19);1H. The first kappa shape index (κ1) is 17.2. The summed E-state index contributed by atoms with van der Waals surface area (Å²) in [7, 11) is 0. The Balaban J connectivity index is 0.00000200. The molecule has 0 spiro atoms. The summed E-state index contributed by atoms with van der Waals surface area (Å²) in [5.41, 5.74) is 6.53. The fourth-order valence-corrected chi connectivity index (χ4v) is 2.69. The van der Waals surface area contributed by atoms with Gasteiger partial charge >= 0.3 is 0 Å². The molecular weight excluding hydrogens is 302 g/mol. The van der Waals surface area contributed by atoms with Gasteiger partial charge in [0.25, 0.3) is 0 Å². The molecule has 20 heavy (non-hydrogen) atoms. The van der Waals surface area contributed by atoms with Crippen LogP contribution in [-0.2, 0) is 4.79 Å². The van der Waals surface area contributed by atoms with E-state index in [9.17, 15) is 9.18 Å². The van der Waals surface area contributed by atoms with Gasteiger partial charge in [-0.05, 0) is 37.0 Å². The van der Waals surface area contributed by atoms with Gasteiger partial charge in [-0.1, -0.05) is 24.4 Å². The Labute approximate surface area is 129 Å². The van der Waals surface area contributed by atoms with Gasteiger partial charge in [0.2, 0.25) is 5.91 Å². The van der Waals surface area contributed by atoms with Crippen molar-refractivity contribution >= 4 is 35.6 Å². The molecule has 1 saturated carbocycles. The Bertz CT molecular complexity index is 470. The molecule has 2 atom stereocenters. The van der Waals surface area contributed by atoms with Crippen molar-refractivity contribution in [1.29, 1.82) is 0 Å². The lowest BCUT2D eigenvalue weighted by atomic mass is 9.83. The molecule has 1 aliphatic rings. The summed E-state index contributed by atoms with van der Waals surface area (Å²) in [5.74, 6) is -0.344. The normalized spacial score (nSPS) is 21.9. The predicted octanol–water partition coefficient (Wildman–Crippen LogP) is 3.75. The minimum absolute atomic E-state index is 0. The van der Waals surface area contributed by atoms with Crippen LogP contribution in [0.3, 0.4) is 0 Å². The Morgan fingerprint density at radius 2 is 2.10 bits per heavy atom. The van der Waals surface area contributed by atoms with Crippen LogP contribution in [0.5, 0.6) is 0 Å². The molecule has 6 heteroatoms. The highest BCUT2D eigenvalue weighted by Gasteiger charge is 2.24. The first-order chi connectivity index (χ1) is 9.06. The maximum Gasteiger partial charge on any atom is 0.224 e. The van der Waals surface area contributed by atoms with Crippen molar-refractivity contribution < 1.29 is 9.18 Å². The van der Waals surface area contributed by atoms with Crippen LogP contribution in [0.1, 0.15) is 32.1 Å². The average molecular weight is 321 g/mol. The Hall–Kier alpha value is -0.840. The summed E-state index contributed by atoms with van der Waals surface area (Å²) in [6.07, 6.45) is 4.68. The van der Waals surface area contributed by atoms with E-state index in [2.05, 4.69) is 5.32 Å². The van der Waals surface area contributed by atoms with Gasteiger partial charge in [0.05, 0.1) is 5.02 Å². The monoisotopic (exact) mass is 320 g/mol. The van der Waals surface area contributed by atoms with Crippen LogP contribution in [0.2, 0.25) is 5.02 Å². The number of hydrogen-bond donors (Lipinski definition) is 2. The number of anilines is 1. The van der Waals surface area contributed by atoms with E-state index < -0.39 is 5.82 Å². The zero-order chi connectivity index (χ0) is 13.8. The summed E-state index contributed by atoms with van der Waals surface area (Å²) in [4.78, 5) is 11.9. The van der Waals surface area contributed by atoms with Gasteiger partial charge in [-0.3, -0.25) is 4.79 Å². The number of carbonyl (C=O) groups is 1. The molecular formula is C14H19Cl2FN2O. The summed E-state index contributed by atoms with van der Waals surface area (Å²) in [6, 6.07) is 4.26. The molecule has 112 valence electrons. The van der Waals surface area contributed by atoms with Crippen LogP contribution in [0.25, 0.3) is 0 Å². The first-order valence-corrected chi connectivity index (χ1v) is 6.94. The minimum Gasteiger partial charge on any atom is -0.327 e. The number of nitrogens with two attached hydrogens (primary N) is 1. The van der Waals surface area contributed by atoms with Crippen LogP contribution in [0, 0.1) is 11.7 Å². The van der Waals surface area contributed by atoms with E-state index in [0.717, 1.165) is 25.7 Å². The first-order valence-electron chi connectivity index (χ1n) is 6.57. The van der Waals surface area contributed by atoms with E-state index >= 15 is 0 Å². The Kier molecular flexibility index (Phi) is 6.72. The number of carbonyl (C=O) groups excluding carboxylic acids is 1. The molecule has 0 radical (unpaired) electrons. The van der Waals surface area contributed by atoms with Crippen LogP contribution in [-0.4, -0.2) is 11.9 Å². The zero-order valence-electron chi connectivity index (χ0n) is 11.1. The maximum absolute atomic E-state index is 13.0. The maximum atomic E-state index is 13.0. The van der Waals surface area contributed by atoms with E-state index in [1.807, 2.05) is 0 Å². The van der Waals surface area contributed by atoms with Crippen LogP contribution >= 0.6 is 24.0 Å². The number of amides is 1. The molecule has 0 saturated heterocycles. The largest absolute Gasteiger partial charge is 0.327 e. The molecule has 0 heterocycles. The van der Waals surface area contributed by atoms with Crippen LogP contribution < -0.4 is 11.1 Å². The lowest BCUT2D eigenvalue weighted by Gasteiger charge is -2.27. The van der Waals surface area contributed by atoms with Crippen molar-refractivity contribution in [2.24, 2.45) is 11.7 Å². The topological polar surface area (TPSA) is 55.1 Å². The third-order valence-corrected chi connectivity index (χ3v) is 3.91. The fourth-order valence-electron chi connectivity index (χ4n) is 2.51.